The number of benzene rings is 2. The molecule has 0 radical (unpaired) electrons. The van der Waals surface area contributed by atoms with Gasteiger partial charge in [0.15, 0.2) is 6.73 Å². The van der Waals surface area contributed by atoms with Gasteiger partial charge in [-0.25, -0.2) is 0 Å². The first-order valence-electron chi connectivity index (χ1n) is 7.18. The maximum atomic E-state index is 12.8. The van der Waals surface area contributed by atoms with E-state index < -0.39 is 5.43 Å². The summed E-state index contributed by atoms with van der Waals surface area (Å²) in [4.78, 5) is 37.0. The Morgan fingerprint density at radius 1 is 1.12 bits per heavy atom. The number of azide groups is 1. The summed E-state index contributed by atoms with van der Waals surface area (Å²) in [5.74, 6) is 0.447. The van der Waals surface area contributed by atoms with Crippen molar-refractivity contribution in [2.24, 2.45) is 15.5 Å². The largest absolute Gasteiger partial charge is 0.488 e. The minimum atomic E-state index is -0.471. The van der Waals surface area contributed by atoms with E-state index in [0.717, 1.165) is 6.07 Å². The van der Waals surface area contributed by atoms with E-state index in [9.17, 15) is 14.6 Å². The van der Waals surface area contributed by atoms with Gasteiger partial charge in [-0.05, 0) is 39.6 Å². The molecule has 1 heterocycles. The quantitative estimate of drug-likeness (QED) is 0.268. The molecule has 0 aliphatic heterocycles. The maximum absolute atomic E-state index is 12.8. The maximum Gasteiger partial charge on any atom is 0.202 e. The monoisotopic (exact) mass is 351 g/mol. The van der Waals surface area contributed by atoms with Gasteiger partial charge in [0, 0.05) is 11.0 Å². The zero-order chi connectivity index (χ0) is 18.5. The molecule has 0 unspecified atom stereocenters. The first kappa shape index (κ1) is 16.8. The second kappa shape index (κ2) is 7.24. The van der Waals surface area contributed by atoms with Crippen LogP contribution in [0.2, 0.25) is 0 Å². The highest BCUT2D eigenvalue weighted by Crippen LogP contribution is 2.31. The molecule has 0 saturated heterocycles. The van der Waals surface area contributed by atoms with Gasteiger partial charge < -0.3 is 9.15 Å². The lowest BCUT2D eigenvalue weighted by atomic mass is 10.0. The molecule has 10 heteroatoms. The van der Waals surface area contributed by atoms with Crippen LogP contribution in [0.1, 0.15) is 0 Å². The van der Waals surface area contributed by atoms with E-state index in [1.54, 1.807) is 24.3 Å². The van der Waals surface area contributed by atoms with Gasteiger partial charge in [-0.1, -0.05) is 17.2 Å². The van der Waals surface area contributed by atoms with Crippen LogP contribution in [0.25, 0.3) is 32.5 Å². The van der Waals surface area contributed by atoms with Gasteiger partial charge in [-0.3, -0.25) is 4.79 Å². The third-order valence-electron chi connectivity index (χ3n) is 3.56. The van der Waals surface area contributed by atoms with Gasteiger partial charge in [0.1, 0.15) is 29.0 Å². The lowest BCUT2D eigenvalue weighted by Gasteiger charge is -2.06. The topological polar surface area (TPSA) is 147 Å². The number of ether oxygens (including phenoxy) is 1. The fraction of sp³-hybridized carbons (Fsp3) is 0.0625. The second-order valence-electron chi connectivity index (χ2n) is 5.03. The van der Waals surface area contributed by atoms with Gasteiger partial charge in [-0.15, -0.1) is 9.81 Å². The Balaban J connectivity index is 2.07. The van der Waals surface area contributed by atoms with Crippen molar-refractivity contribution >= 4 is 22.3 Å². The Hall–Kier alpha value is -4.04. The molecule has 0 fully saturated rings. The second-order valence-corrected chi connectivity index (χ2v) is 5.03. The van der Waals surface area contributed by atoms with Crippen molar-refractivity contribution in [1.29, 1.82) is 0 Å². The number of rotatable bonds is 6. The molecular formula is C16H9N5O5. The zero-order valence-corrected chi connectivity index (χ0v) is 13.0. The lowest BCUT2D eigenvalue weighted by Crippen LogP contribution is -2.05. The van der Waals surface area contributed by atoms with Gasteiger partial charge in [0.25, 0.3) is 0 Å². The first-order chi connectivity index (χ1) is 12.7. The van der Waals surface area contributed by atoms with Crippen LogP contribution in [0, 0.1) is 9.81 Å². The van der Waals surface area contributed by atoms with Crippen LogP contribution in [0.15, 0.2) is 67.3 Å². The van der Waals surface area contributed by atoms with E-state index in [4.69, 9.17) is 14.7 Å². The molecule has 0 N–H and O–H groups in total. The fourth-order valence-electron chi connectivity index (χ4n) is 2.40. The Bertz CT molecular complexity index is 1100. The fourth-order valence-corrected chi connectivity index (χ4v) is 2.40. The zero-order valence-electron chi connectivity index (χ0n) is 13.0. The number of hydrogen-bond acceptors (Lipinski definition) is 8. The molecule has 0 saturated carbocycles. The van der Waals surface area contributed by atoms with E-state index in [1.807, 2.05) is 0 Å². The highest BCUT2D eigenvalue weighted by atomic mass is 16.5. The summed E-state index contributed by atoms with van der Waals surface area (Å²) in [7, 11) is 0. The third kappa shape index (κ3) is 3.12. The molecule has 0 bridgehead atoms. The summed E-state index contributed by atoms with van der Waals surface area (Å²) in [5.41, 5.74) is 8.22. The molecule has 0 aliphatic rings. The van der Waals surface area contributed by atoms with Crippen LogP contribution in [-0.2, 0) is 0 Å². The summed E-state index contributed by atoms with van der Waals surface area (Å²) in [6, 6.07) is 8.77. The summed E-state index contributed by atoms with van der Waals surface area (Å²) >= 11 is 0. The van der Waals surface area contributed by atoms with Crippen molar-refractivity contribution in [3.05, 3.63) is 73.1 Å². The Morgan fingerprint density at radius 2 is 1.88 bits per heavy atom. The van der Waals surface area contributed by atoms with E-state index in [1.165, 1.54) is 12.3 Å². The van der Waals surface area contributed by atoms with Crippen LogP contribution < -0.4 is 10.2 Å². The molecule has 3 rings (SSSR count). The van der Waals surface area contributed by atoms with Crippen LogP contribution in [0.3, 0.4) is 0 Å². The molecule has 0 amide bonds. The van der Waals surface area contributed by atoms with Crippen molar-refractivity contribution in [2.75, 3.05) is 6.73 Å². The normalized spacial score (nSPS) is 10.2. The molecule has 26 heavy (non-hydrogen) atoms. The molecule has 1 aromatic heterocycles. The number of hydrogen-bond donors (Lipinski definition) is 0. The molecule has 0 aliphatic carbocycles. The highest BCUT2D eigenvalue weighted by molar-refractivity contribution is 5.93. The lowest BCUT2D eigenvalue weighted by molar-refractivity contribution is 0.329. The highest BCUT2D eigenvalue weighted by Gasteiger charge is 2.15. The smallest absolute Gasteiger partial charge is 0.202 e. The van der Waals surface area contributed by atoms with E-state index in [2.05, 4.69) is 20.4 Å². The minimum Gasteiger partial charge on any atom is -0.488 e. The van der Waals surface area contributed by atoms with Crippen molar-refractivity contribution in [2.45, 2.75) is 0 Å². The molecule has 0 atom stereocenters. The summed E-state index contributed by atoms with van der Waals surface area (Å²) in [5, 5.41) is 8.73. The van der Waals surface area contributed by atoms with E-state index in [0.29, 0.717) is 11.3 Å². The SMILES string of the molecule is [N-]=[N+]=NCOc1ccc(-c2coc3cc(N=O)cc(N=O)c3c2=O)cc1. The first-order valence-corrected chi connectivity index (χ1v) is 7.18. The molecule has 128 valence electrons. The standard InChI is InChI=1S/C16H9N5O5/c17-21-18-8-26-11-3-1-9(2-4-11)12-7-25-14-6-10(19-23)5-13(20-24)15(14)16(12)22/h1-7H,8H2. The Kier molecular flexibility index (Phi) is 4.68. The molecule has 3 aromatic rings. The van der Waals surface area contributed by atoms with Crippen molar-refractivity contribution in [3.63, 3.8) is 0 Å². The summed E-state index contributed by atoms with van der Waals surface area (Å²) < 4.78 is 10.6. The van der Waals surface area contributed by atoms with E-state index in [-0.39, 0.29) is 34.6 Å². The predicted octanol–water partition coefficient (Wildman–Crippen LogP) is 4.90. The molecule has 2 aromatic carbocycles. The van der Waals surface area contributed by atoms with Crippen LogP contribution in [-0.4, -0.2) is 6.73 Å². The minimum absolute atomic E-state index is 0.0337. The Labute approximate surface area is 144 Å². The number of nitrogens with zero attached hydrogens (tertiary/aromatic N) is 5. The summed E-state index contributed by atoms with van der Waals surface area (Å²) in [6.45, 7) is -0.157. The van der Waals surface area contributed by atoms with Gasteiger partial charge >= 0.3 is 0 Å². The van der Waals surface area contributed by atoms with Gasteiger partial charge in [0.05, 0.1) is 10.9 Å². The van der Waals surface area contributed by atoms with Gasteiger partial charge in [0.2, 0.25) is 5.43 Å². The average Bonchev–Trinajstić information content (AvgIpc) is 2.68. The molecule has 0 spiro atoms. The Morgan fingerprint density at radius 3 is 2.54 bits per heavy atom. The van der Waals surface area contributed by atoms with Crippen molar-refractivity contribution in [1.82, 2.24) is 0 Å². The third-order valence-corrected chi connectivity index (χ3v) is 3.56. The van der Waals surface area contributed by atoms with Crippen molar-refractivity contribution < 1.29 is 9.15 Å². The summed E-state index contributed by atoms with van der Waals surface area (Å²) in [6.07, 6.45) is 1.23. The van der Waals surface area contributed by atoms with Gasteiger partial charge in [-0.2, -0.15) is 0 Å². The van der Waals surface area contributed by atoms with Crippen LogP contribution in [0.5, 0.6) is 5.75 Å². The predicted molar refractivity (Wildman–Crippen MR) is 93.5 cm³/mol. The van der Waals surface area contributed by atoms with E-state index >= 15 is 0 Å². The van der Waals surface area contributed by atoms with Crippen molar-refractivity contribution in [3.8, 4) is 16.9 Å². The average molecular weight is 351 g/mol. The number of nitroso groups, excluding NO2 is 2. The van der Waals surface area contributed by atoms with Crippen LogP contribution >= 0.6 is 0 Å². The molecular weight excluding hydrogens is 342 g/mol. The van der Waals surface area contributed by atoms with Crippen LogP contribution in [0.4, 0.5) is 11.4 Å². The number of fused-ring (bicyclic) bond motifs is 1. The molecule has 10 nitrogen and oxygen atoms in total.